The summed E-state index contributed by atoms with van der Waals surface area (Å²) in [5.41, 5.74) is 2.35. The van der Waals surface area contributed by atoms with Gasteiger partial charge in [0.15, 0.2) is 5.11 Å². The third-order valence-corrected chi connectivity index (χ3v) is 2.14. The van der Waals surface area contributed by atoms with Crippen molar-refractivity contribution in [1.82, 2.24) is 10.7 Å². The second kappa shape index (κ2) is 5.62. The van der Waals surface area contributed by atoms with E-state index in [4.69, 9.17) is 12.2 Å². The minimum absolute atomic E-state index is 0.327. The van der Waals surface area contributed by atoms with Gasteiger partial charge in [0.1, 0.15) is 0 Å². The van der Waals surface area contributed by atoms with Crippen LogP contribution >= 0.6 is 12.2 Å². The lowest BCUT2D eigenvalue weighted by atomic mass is 10.1. The molecule has 0 fully saturated rings. The second-order valence-corrected chi connectivity index (χ2v) is 3.48. The zero-order valence-electron chi connectivity index (χ0n) is 8.88. The van der Waals surface area contributed by atoms with E-state index in [9.17, 15) is 13.2 Å². The van der Waals surface area contributed by atoms with Crippen molar-refractivity contribution in [3.63, 3.8) is 0 Å². The van der Waals surface area contributed by atoms with Crippen LogP contribution in [0, 0.1) is 0 Å². The van der Waals surface area contributed by atoms with Crippen LogP contribution in [-0.2, 0) is 6.18 Å². The van der Waals surface area contributed by atoms with Crippen molar-refractivity contribution in [3.8, 4) is 0 Å². The van der Waals surface area contributed by atoms with Crippen LogP contribution in [0.5, 0.6) is 0 Å². The Morgan fingerprint density at radius 2 is 1.88 bits per heavy atom. The third-order valence-electron chi connectivity index (χ3n) is 1.84. The van der Waals surface area contributed by atoms with E-state index in [1.165, 1.54) is 18.3 Å². The maximum absolute atomic E-state index is 12.3. The SMILES string of the molecule is CNC(=S)N/N=C\c1ccc(C(F)(F)F)cc1. The van der Waals surface area contributed by atoms with Crippen LogP contribution in [0.3, 0.4) is 0 Å². The fourth-order valence-electron chi connectivity index (χ4n) is 0.980. The van der Waals surface area contributed by atoms with Crippen molar-refractivity contribution >= 4 is 23.5 Å². The first-order chi connectivity index (χ1) is 7.93. The topological polar surface area (TPSA) is 36.4 Å². The van der Waals surface area contributed by atoms with Crippen LogP contribution in [0.25, 0.3) is 0 Å². The highest BCUT2D eigenvalue weighted by Gasteiger charge is 2.29. The summed E-state index contributed by atoms with van der Waals surface area (Å²) in [5.74, 6) is 0. The Morgan fingerprint density at radius 3 is 2.35 bits per heavy atom. The highest BCUT2D eigenvalue weighted by molar-refractivity contribution is 7.80. The maximum atomic E-state index is 12.3. The highest BCUT2D eigenvalue weighted by Crippen LogP contribution is 2.28. The van der Waals surface area contributed by atoms with Gasteiger partial charge in [-0.05, 0) is 29.9 Å². The molecule has 0 aliphatic heterocycles. The van der Waals surface area contributed by atoms with Crippen LogP contribution in [0.1, 0.15) is 11.1 Å². The molecule has 0 aromatic heterocycles. The van der Waals surface area contributed by atoms with Crippen molar-refractivity contribution in [1.29, 1.82) is 0 Å². The third kappa shape index (κ3) is 4.39. The van der Waals surface area contributed by atoms with Gasteiger partial charge < -0.3 is 5.32 Å². The van der Waals surface area contributed by atoms with Crippen LogP contribution in [-0.4, -0.2) is 18.4 Å². The van der Waals surface area contributed by atoms with E-state index in [0.29, 0.717) is 10.7 Å². The number of rotatable bonds is 2. The van der Waals surface area contributed by atoms with Gasteiger partial charge in [-0.1, -0.05) is 12.1 Å². The van der Waals surface area contributed by atoms with E-state index in [0.717, 1.165) is 12.1 Å². The minimum atomic E-state index is -4.32. The molecule has 0 spiro atoms. The predicted octanol–water partition coefficient (Wildman–Crippen LogP) is 2.13. The fourth-order valence-corrected chi connectivity index (χ4v) is 1.03. The van der Waals surface area contributed by atoms with Crippen LogP contribution < -0.4 is 10.7 Å². The Balaban J connectivity index is 2.66. The summed E-state index contributed by atoms with van der Waals surface area (Å²) in [6, 6.07) is 4.66. The summed E-state index contributed by atoms with van der Waals surface area (Å²) < 4.78 is 36.8. The Labute approximate surface area is 102 Å². The summed E-state index contributed by atoms with van der Waals surface area (Å²) in [4.78, 5) is 0. The predicted molar refractivity (Wildman–Crippen MR) is 63.8 cm³/mol. The summed E-state index contributed by atoms with van der Waals surface area (Å²) >= 11 is 4.76. The minimum Gasteiger partial charge on any atom is -0.364 e. The summed E-state index contributed by atoms with van der Waals surface area (Å²) in [5, 5.41) is 6.71. The van der Waals surface area contributed by atoms with Crippen LogP contribution in [0.15, 0.2) is 29.4 Å². The first-order valence-electron chi connectivity index (χ1n) is 4.61. The lowest BCUT2D eigenvalue weighted by molar-refractivity contribution is -0.137. The van der Waals surface area contributed by atoms with Gasteiger partial charge in [-0.25, -0.2) is 0 Å². The van der Waals surface area contributed by atoms with Gasteiger partial charge in [-0.3, -0.25) is 5.43 Å². The molecule has 1 aromatic rings. The summed E-state index contributed by atoms with van der Waals surface area (Å²) in [6.07, 6.45) is -2.94. The van der Waals surface area contributed by atoms with Gasteiger partial charge in [0.2, 0.25) is 0 Å². The Kier molecular flexibility index (Phi) is 4.45. The molecule has 0 radical (unpaired) electrons. The molecule has 0 heterocycles. The average Bonchev–Trinajstić information content (AvgIpc) is 2.28. The number of nitrogens with one attached hydrogen (secondary N) is 2. The van der Waals surface area contributed by atoms with Gasteiger partial charge >= 0.3 is 6.18 Å². The molecule has 17 heavy (non-hydrogen) atoms. The number of benzene rings is 1. The molecule has 0 saturated heterocycles. The van der Waals surface area contributed by atoms with Gasteiger partial charge in [0.25, 0.3) is 0 Å². The summed E-state index contributed by atoms with van der Waals surface area (Å²) in [6.45, 7) is 0. The van der Waals surface area contributed by atoms with E-state index >= 15 is 0 Å². The highest BCUT2D eigenvalue weighted by atomic mass is 32.1. The second-order valence-electron chi connectivity index (χ2n) is 3.07. The van der Waals surface area contributed by atoms with Crippen LogP contribution in [0.2, 0.25) is 0 Å². The van der Waals surface area contributed by atoms with Gasteiger partial charge in [-0.15, -0.1) is 0 Å². The summed E-state index contributed by atoms with van der Waals surface area (Å²) in [7, 11) is 1.63. The quantitative estimate of drug-likeness (QED) is 0.486. The van der Waals surface area contributed by atoms with Crippen molar-refractivity contribution < 1.29 is 13.2 Å². The fraction of sp³-hybridized carbons (Fsp3) is 0.200. The zero-order valence-corrected chi connectivity index (χ0v) is 9.69. The first-order valence-corrected chi connectivity index (χ1v) is 5.02. The monoisotopic (exact) mass is 261 g/mol. The number of hydrogen-bond donors (Lipinski definition) is 2. The smallest absolute Gasteiger partial charge is 0.364 e. The number of alkyl halides is 3. The molecule has 0 aliphatic carbocycles. The molecule has 1 rings (SSSR count). The molecule has 0 unspecified atom stereocenters. The van der Waals surface area contributed by atoms with Gasteiger partial charge in [0, 0.05) is 7.05 Å². The Hall–Kier alpha value is -1.63. The molecular formula is C10H10F3N3S. The number of thiocarbonyl (C=S) groups is 1. The maximum Gasteiger partial charge on any atom is 0.416 e. The van der Waals surface area contributed by atoms with E-state index < -0.39 is 11.7 Å². The number of hydrogen-bond acceptors (Lipinski definition) is 2. The largest absolute Gasteiger partial charge is 0.416 e. The molecule has 0 bridgehead atoms. The molecule has 1 aromatic carbocycles. The molecule has 7 heteroatoms. The zero-order chi connectivity index (χ0) is 12.9. The van der Waals surface area contributed by atoms with Gasteiger partial charge in [-0.2, -0.15) is 18.3 Å². The molecule has 92 valence electrons. The molecule has 0 saturated carbocycles. The number of hydrazone groups is 1. The van der Waals surface area contributed by atoms with Crippen molar-refractivity contribution in [3.05, 3.63) is 35.4 Å². The van der Waals surface area contributed by atoms with E-state index in [1.807, 2.05) is 0 Å². The Bertz CT molecular complexity index is 412. The van der Waals surface area contributed by atoms with E-state index in [-0.39, 0.29) is 0 Å². The van der Waals surface area contributed by atoms with Crippen molar-refractivity contribution in [2.75, 3.05) is 7.05 Å². The molecule has 3 nitrogen and oxygen atoms in total. The average molecular weight is 261 g/mol. The number of halogens is 3. The van der Waals surface area contributed by atoms with Crippen molar-refractivity contribution in [2.45, 2.75) is 6.18 Å². The molecule has 0 amide bonds. The number of nitrogens with zero attached hydrogens (tertiary/aromatic N) is 1. The molecule has 2 N–H and O–H groups in total. The first kappa shape index (κ1) is 13.4. The van der Waals surface area contributed by atoms with Crippen molar-refractivity contribution in [2.24, 2.45) is 5.10 Å². The molecular weight excluding hydrogens is 251 g/mol. The Morgan fingerprint density at radius 1 is 1.29 bits per heavy atom. The lowest BCUT2D eigenvalue weighted by Gasteiger charge is -2.05. The van der Waals surface area contributed by atoms with Gasteiger partial charge in [0.05, 0.1) is 11.8 Å². The van der Waals surface area contributed by atoms with E-state index in [1.54, 1.807) is 7.05 Å². The van der Waals surface area contributed by atoms with Crippen LogP contribution in [0.4, 0.5) is 13.2 Å². The van der Waals surface area contributed by atoms with E-state index in [2.05, 4.69) is 15.8 Å². The standard InChI is InChI=1S/C10H10F3N3S/c1-14-9(17)16-15-6-7-2-4-8(5-3-7)10(11,12)13/h2-6H,1H3,(H2,14,16,17)/b15-6-. The lowest BCUT2D eigenvalue weighted by Crippen LogP contribution is -2.28. The molecule has 0 aliphatic rings. The normalized spacial score (nSPS) is 11.5. The molecule has 0 atom stereocenters.